The lowest BCUT2D eigenvalue weighted by Crippen LogP contribution is -2.47. The molecule has 2 amide bonds. The first-order valence-corrected chi connectivity index (χ1v) is 4.77. The summed E-state index contributed by atoms with van der Waals surface area (Å²) in [6, 6.07) is 0.517. The van der Waals surface area contributed by atoms with E-state index in [2.05, 4.69) is 5.32 Å². The highest BCUT2D eigenvalue weighted by molar-refractivity contribution is 5.85. The fourth-order valence-corrected chi connectivity index (χ4v) is 1.67. The number of nitrogens with zero attached hydrogens (tertiary/aromatic N) is 2. The number of rotatable bonds is 1. The van der Waals surface area contributed by atoms with Crippen LogP contribution in [0, 0.1) is 0 Å². The monoisotopic (exact) mass is 257 g/mol. The summed E-state index contributed by atoms with van der Waals surface area (Å²) >= 11 is 0. The molecular weight excluding hydrogens is 237 g/mol. The predicted octanol–water partition coefficient (Wildman–Crippen LogP) is 1.20. The van der Waals surface area contributed by atoms with E-state index in [1.165, 1.54) is 0 Å². The van der Waals surface area contributed by atoms with Crippen LogP contribution in [0.5, 0.6) is 0 Å². The fourth-order valence-electron chi connectivity index (χ4n) is 1.67. The molecule has 0 aromatic carbocycles. The van der Waals surface area contributed by atoms with Crippen LogP contribution in [-0.2, 0) is 0 Å². The standard InChI is InChI=1S/C9H19N3O.2ClH/c1-11(2)9(13)12(3)8-4-6-10-7-5-8;;/h8,10H,4-7H2,1-3H3;2*1H. The van der Waals surface area contributed by atoms with Crippen LogP contribution >= 0.6 is 24.8 Å². The summed E-state index contributed by atoms with van der Waals surface area (Å²) < 4.78 is 0. The molecule has 1 heterocycles. The van der Waals surface area contributed by atoms with Gasteiger partial charge in [-0.05, 0) is 25.9 Å². The minimum atomic E-state index is 0. The van der Waals surface area contributed by atoms with Gasteiger partial charge in [0.05, 0.1) is 0 Å². The molecule has 0 spiro atoms. The number of carbonyl (C=O) groups is 1. The maximum absolute atomic E-state index is 11.6. The molecule has 6 heteroatoms. The van der Waals surface area contributed by atoms with Gasteiger partial charge in [-0.2, -0.15) is 0 Å². The summed E-state index contributed by atoms with van der Waals surface area (Å²) in [5.74, 6) is 0. The van der Waals surface area contributed by atoms with E-state index >= 15 is 0 Å². The number of nitrogens with one attached hydrogen (secondary N) is 1. The van der Waals surface area contributed by atoms with Crippen molar-refractivity contribution >= 4 is 30.8 Å². The van der Waals surface area contributed by atoms with E-state index in [-0.39, 0.29) is 30.8 Å². The van der Waals surface area contributed by atoms with Gasteiger partial charge in [0, 0.05) is 27.2 Å². The zero-order valence-corrected chi connectivity index (χ0v) is 11.2. The molecule has 92 valence electrons. The summed E-state index contributed by atoms with van der Waals surface area (Å²) in [6.07, 6.45) is 2.13. The topological polar surface area (TPSA) is 35.6 Å². The van der Waals surface area contributed by atoms with E-state index in [9.17, 15) is 4.79 Å². The van der Waals surface area contributed by atoms with Crippen LogP contribution in [0.2, 0.25) is 0 Å². The molecule has 0 aromatic heterocycles. The van der Waals surface area contributed by atoms with Gasteiger partial charge in [0.25, 0.3) is 0 Å². The first-order valence-electron chi connectivity index (χ1n) is 4.77. The van der Waals surface area contributed by atoms with Crippen molar-refractivity contribution in [3.8, 4) is 0 Å². The summed E-state index contributed by atoms with van der Waals surface area (Å²) in [7, 11) is 5.47. The zero-order valence-electron chi connectivity index (χ0n) is 9.52. The number of carbonyl (C=O) groups excluding carboxylic acids is 1. The average Bonchev–Trinajstić information content (AvgIpc) is 2.17. The lowest BCUT2D eigenvalue weighted by atomic mass is 10.1. The van der Waals surface area contributed by atoms with Crippen LogP contribution in [0.4, 0.5) is 4.79 Å². The van der Waals surface area contributed by atoms with Crippen molar-refractivity contribution in [3.05, 3.63) is 0 Å². The van der Waals surface area contributed by atoms with E-state index in [1.807, 2.05) is 11.9 Å². The third kappa shape index (κ3) is 4.91. The van der Waals surface area contributed by atoms with Crippen LogP contribution in [-0.4, -0.2) is 56.1 Å². The molecule has 1 aliphatic rings. The molecule has 0 atom stereocenters. The van der Waals surface area contributed by atoms with Crippen LogP contribution in [0.25, 0.3) is 0 Å². The molecule has 1 saturated heterocycles. The second kappa shape index (κ2) is 8.02. The summed E-state index contributed by atoms with van der Waals surface area (Å²) in [6.45, 7) is 2.05. The lowest BCUT2D eigenvalue weighted by Gasteiger charge is -2.33. The summed E-state index contributed by atoms with van der Waals surface area (Å²) in [5, 5.41) is 3.29. The highest BCUT2D eigenvalue weighted by Gasteiger charge is 2.22. The minimum absolute atomic E-state index is 0. The van der Waals surface area contributed by atoms with Gasteiger partial charge in [-0.1, -0.05) is 0 Å². The van der Waals surface area contributed by atoms with Crippen molar-refractivity contribution in [2.24, 2.45) is 0 Å². The minimum Gasteiger partial charge on any atom is -0.331 e. The molecule has 1 aliphatic heterocycles. The first kappa shape index (κ1) is 17.2. The Bertz CT molecular complexity index is 184. The molecule has 15 heavy (non-hydrogen) atoms. The van der Waals surface area contributed by atoms with Crippen LogP contribution in [0.3, 0.4) is 0 Å². The number of hydrogen-bond donors (Lipinski definition) is 1. The third-order valence-electron chi connectivity index (χ3n) is 2.54. The van der Waals surface area contributed by atoms with Crippen LogP contribution < -0.4 is 5.32 Å². The Labute approximate surface area is 104 Å². The maximum atomic E-state index is 11.6. The van der Waals surface area contributed by atoms with Crippen molar-refractivity contribution in [1.29, 1.82) is 0 Å². The number of amides is 2. The second-order valence-corrected chi connectivity index (χ2v) is 3.77. The fraction of sp³-hybridized carbons (Fsp3) is 0.889. The average molecular weight is 258 g/mol. The molecule has 1 rings (SSSR count). The number of urea groups is 1. The molecule has 1 fully saturated rings. The van der Waals surface area contributed by atoms with Crippen molar-refractivity contribution in [2.45, 2.75) is 18.9 Å². The predicted molar refractivity (Wildman–Crippen MR) is 67.2 cm³/mol. The van der Waals surface area contributed by atoms with Gasteiger partial charge in [0.2, 0.25) is 0 Å². The van der Waals surface area contributed by atoms with Crippen molar-refractivity contribution in [3.63, 3.8) is 0 Å². The number of halogens is 2. The molecule has 0 aromatic rings. The van der Waals surface area contributed by atoms with Crippen molar-refractivity contribution in [2.75, 3.05) is 34.2 Å². The Morgan fingerprint density at radius 3 is 2.00 bits per heavy atom. The van der Waals surface area contributed by atoms with E-state index in [0.29, 0.717) is 6.04 Å². The highest BCUT2D eigenvalue weighted by atomic mass is 35.5. The van der Waals surface area contributed by atoms with E-state index in [1.54, 1.807) is 19.0 Å². The molecule has 0 unspecified atom stereocenters. The van der Waals surface area contributed by atoms with Crippen LogP contribution in [0.15, 0.2) is 0 Å². The molecule has 0 saturated carbocycles. The highest BCUT2D eigenvalue weighted by Crippen LogP contribution is 2.10. The first-order chi connectivity index (χ1) is 6.13. The van der Waals surface area contributed by atoms with Crippen LogP contribution in [0.1, 0.15) is 12.8 Å². The van der Waals surface area contributed by atoms with Gasteiger partial charge < -0.3 is 15.1 Å². The summed E-state index contributed by atoms with van der Waals surface area (Å²) in [4.78, 5) is 15.0. The Balaban J connectivity index is 0. The SMILES string of the molecule is CN(C)C(=O)N(C)C1CCNCC1.Cl.Cl. The number of hydrogen-bond acceptors (Lipinski definition) is 2. The molecular formula is C9H21Cl2N3O. The maximum Gasteiger partial charge on any atom is 0.319 e. The van der Waals surface area contributed by atoms with Gasteiger partial charge in [0.15, 0.2) is 0 Å². The Morgan fingerprint density at radius 1 is 1.13 bits per heavy atom. The molecule has 1 N–H and O–H groups in total. The quantitative estimate of drug-likeness (QED) is 0.767. The van der Waals surface area contributed by atoms with Gasteiger partial charge in [-0.15, -0.1) is 24.8 Å². The normalized spacial score (nSPS) is 15.9. The van der Waals surface area contributed by atoms with Gasteiger partial charge in [0.1, 0.15) is 0 Å². The van der Waals surface area contributed by atoms with E-state index in [0.717, 1.165) is 25.9 Å². The lowest BCUT2D eigenvalue weighted by molar-refractivity contribution is 0.152. The second-order valence-electron chi connectivity index (χ2n) is 3.77. The molecule has 0 aliphatic carbocycles. The smallest absolute Gasteiger partial charge is 0.319 e. The third-order valence-corrected chi connectivity index (χ3v) is 2.54. The molecule has 4 nitrogen and oxygen atoms in total. The van der Waals surface area contributed by atoms with Gasteiger partial charge >= 0.3 is 6.03 Å². The van der Waals surface area contributed by atoms with Gasteiger partial charge in [-0.25, -0.2) is 4.79 Å². The van der Waals surface area contributed by atoms with Crippen molar-refractivity contribution in [1.82, 2.24) is 15.1 Å². The Hall–Kier alpha value is -0.190. The Kier molecular flexibility index (Phi) is 9.20. The van der Waals surface area contributed by atoms with Gasteiger partial charge in [-0.3, -0.25) is 0 Å². The van der Waals surface area contributed by atoms with Crippen molar-refractivity contribution < 1.29 is 4.79 Å². The largest absolute Gasteiger partial charge is 0.331 e. The molecule has 0 bridgehead atoms. The zero-order chi connectivity index (χ0) is 9.84. The summed E-state index contributed by atoms with van der Waals surface area (Å²) in [5.41, 5.74) is 0. The Morgan fingerprint density at radius 2 is 1.60 bits per heavy atom. The van der Waals surface area contributed by atoms with E-state index < -0.39 is 0 Å². The van der Waals surface area contributed by atoms with E-state index in [4.69, 9.17) is 0 Å². The number of piperidine rings is 1. The molecule has 0 radical (unpaired) electrons.